The predicted octanol–water partition coefficient (Wildman–Crippen LogP) is 3.13. The first-order valence-electron chi connectivity index (χ1n) is 5.26. The number of hydrogen-bond acceptors (Lipinski definition) is 3. The molecule has 0 aliphatic carbocycles. The minimum absolute atomic E-state index is 0.139. The minimum Gasteiger partial charge on any atom is -0.507 e. The van der Waals surface area contributed by atoms with E-state index in [0.717, 1.165) is 0 Å². The number of hydrogen-bond donors (Lipinski definition) is 2. The molecule has 3 nitrogen and oxygen atoms in total. The normalized spacial score (nSPS) is 11.4. The van der Waals surface area contributed by atoms with E-state index in [2.05, 4.69) is 0 Å². The molecule has 0 amide bonds. The summed E-state index contributed by atoms with van der Waals surface area (Å²) in [5.74, 6) is -0.689. The number of carboxylic acid groups (broad SMARTS) is 1. The van der Waals surface area contributed by atoms with Crippen LogP contribution in [0.5, 0.6) is 5.75 Å². The first kappa shape index (κ1) is 12.9. The van der Waals surface area contributed by atoms with Gasteiger partial charge < -0.3 is 10.2 Å². The van der Waals surface area contributed by atoms with E-state index in [-0.39, 0.29) is 5.75 Å². The number of aliphatic carboxylic acids is 1. The molecule has 0 heterocycles. The van der Waals surface area contributed by atoms with E-state index in [1.807, 2.05) is 13.8 Å². The summed E-state index contributed by atoms with van der Waals surface area (Å²) in [5, 5.41) is 18.9. The van der Waals surface area contributed by atoms with Crippen molar-refractivity contribution in [3.8, 4) is 5.75 Å². The lowest BCUT2D eigenvalue weighted by Crippen LogP contribution is -2.33. The first-order valence-corrected chi connectivity index (χ1v) is 6.07. The van der Waals surface area contributed by atoms with E-state index in [4.69, 9.17) is 0 Å². The summed E-state index contributed by atoms with van der Waals surface area (Å²) in [6.07, 6.45) is 1.05. The lowest BCUT2D eigenvalue weighted by atomic mass is 10.0. The maximum atomic E-state index is 11.3. The van der Waals surface area contributed by atoms with Gasteiger partial charge in [-0.15, -0.1) is 11.8 Å². The van der Waals surface area contributed by atoms with E-state index >= 15 is 0 Å². The van der Waals surface area contributed by atoms with Crippen LogP contribution in [-0.2, 0) is 4.79 Å². The molecule has 0 spiro atoms. The molecule has 4 heteroatoms. The summed E-state index contributed by atoms with van der Waals surface area (Å²) in [6, 6.07) is 6.82. The van der Waals surface area contributed by atoms with Crippen LogP contribution in [-0.4, -0.2) is 20.9 Å². The number of rotatable bonds is 5. The fourth-order valence-corrected chi connectivity index (χ4v) is 2.61. The Morgan fingerprint density at radius 3 is 2.31 bits per heavy atom. The van der Waals surface area contributed by atoms with Crippen LogP contribution in [0.4, 0.5) is 0 Å². The van der Waals surface area contributed by atoms with Crippen LogP contribution >= 0.6 is 11.8 Å². The molecule has 0 atom stereocenters. The molecule has 0 aliphatic heterocycles. The second kappa shape index (κ2) is 5.25. The fourth-order valence-electron chi connectivity index (χ4n) is 1.49. The highest BCUT2D eigenvalue weighted by Crippen LogP contribution is 2.42. The second-order valence-corrected chi connectivity index (χ2v) is 5.00. The summed E-state index contributed by atoms with van der Waals surface area (Å²) in [5.41, 5.74) is 0. The molecule has 1 aromatic carbocycles. The molecule has 0 aromatic heterocycles. The average Bonchev–Trinajstić information content (AvgIpc) is 2.28. The highest BCUT2D eigenvalue weighted by molar-refractivity contribution is 8.01. The predicted molar refractivity (Wildman–Crippen MR) is 64.9 cm³/mol. The largest absolute Gasteiger partial charge is 0.507 e. The number of benzene rings is 1. The van der Waals surface area contributed by atoms with Gasteiger partial charge in [-0.2, -0.15) is 0 Å². The standard InChI is InChI=1S/C12H16O3S/c1-3-12(4-2,11(14)15)16-10-8-6-5-7-9(10)13/h5-8,13H,3-4H2,1-2H3,(H,14,15). The van der Waals surface area contributed by atoms with Crippen LogP contribution in [0.25, 0.3) is 0 Å². The molecule has 0 radical (unpaired) electrons. The highest BCUT2D eigenvalue weighted by Gasteiger charge is 2.36. The first-order chi connectivity index (χ1) is 7.55. The molecular weight excluding hydrogens is 224 g/mol. The summed E-state index contributed by atoms with van der Waals surface area (Å²) >= 11 is 1.22. The average molecular weight is 240 g/mol. The molecule has 16 heavy (non-hydrogen) atoms. The van der Waals surface area contributed by atoms with Crippen LogP contribution in [0.3, 0.4) is 0 Å². The van der Waals surface area contributed by atoms with Crippen molar-refractivity contribution in [3.63, 3.8) is 0 Å². The minimum atomic E-state index is -0.848. The third-order valence-electron chi connectivity index (χ3n) is 2.70. The third-order valence-corrected chi connectivity index (χ3v) is 4.41. The Morgan fingerprint density at radius 1 is 1.31 bits per heavy atom. The molecule has 88 valence electrons. The van der Waals surface area contributed by atoms with Gasteiger partial charge in [0.25, 0.3) is 0 Å². The fraction of sp³-hybridized carbons (Fsp3) is 0.417. The van der Waals surface area contributed by atoms with Gasteiger partial charge in [-0.25, -0.2) is 0 Å². The van der Waals surface area contributed by atoms with E-state index < -0.39 is 10.7 Å². The van der Waals surface area contributed by atoms with Gasteiger partial charge in [-0.3, -0.25) is 4.79 Å². The van der Waals surface area contributed by atoms with Crippen LogP contribution < -0.4 is 0 Å². The molecule has 0 fully saturated rings. The van der Waals surface area contributed by atoms with Crippen molar-refractivity contribution in [2.24, 2.45) is 0 Å². The summed E-state index contributed by atoms with van der Waals surface area (Å²) in [7, 11) is 0. The SMILES string of the molecule is CCC(CC)(Sc1ccccc1O)C(=O)O. The van der Waals surface area contributed by atoms with Gasteiger partial charge in [-0.1, -0.05) is 26.0 Å². The molecule has 0 unspecified atom stereocenters. The zero-order valence-corrected chi connectivity index (χ0v) is 10.3. The Balaban J connectivity index is 3.01. The van der Waals surface area contributed by atoms with Crippen LogP contribution in [0.15, 0.2) is 29.2 Å². The molecule has 1 aromatic rings. The molecule has 0 saturated carbocycles. The van der Waals surface area contributed by atoms with Gasteiger partial charge >= 0.3 is 5.97 Å². The van der Waals surface area contributed by atoms with Gasteiger partial charge in [0, 0.05) is 0 Å². The zero-order valence-electron chi connectivity index (χ0n) is 9.43. The topological polar surface area (TPSA) is 57.5 Å². The molecule has 0 saturated heterocycles. The summed E-state index contributed by atoms with van der Waals surface area (Å²) < 4.78 is -0.848. The second-order valence-electron chi connectivity index (χ2n) is 3.58. The molecule has 0 bridgehead atoms. The van der Waals surface area contributed by atoms with Crippen molar-refractivity contribution >= 4 is 17.7 Å². The number of carboxylic acids is 1. The maximum absolute atomic E-state index is 11.3. The van der Waals surface area contributed by atoms with Crippen molar-refractivity contribution in [1.29, 1.82) is 0 Å². The Bertz CT molecular complexity index is 372. The lowest BCUT2D eigenvalue weighted by molar-refractivity contribution is -0.140. The van der Waals surface area contributed by atoms with Crippen molar-refractivity contribution in [1.82, 2.24) is 0 Å². The third kappa shape index (κ3) is 2.50. The van der Waals surface area contributed by atoms with Crippen LogP contribution in [0.2, 0.25) is 0 Å². The van der Waals surface area contributed by atoms with Crippen molar-refractivity contribution < 1.29 is 15.0 Å². The van der Waals surface area contributed by atoms with Crippen LogP contribution in [0.1, 0.15) is 26.7 Å². The van der Waals surface area contributed by atoms with E-state index in [9.17, 15) is 15.0 Å². The molecule has 0 aliphatic rings. The smallest absolute Gasteiger partial charge is 0.320 e. The number of aromatic hydroxyl groups is 1. The van der Waals surface area contributed by atoms with E-state index in [1.165, 1.54) is 11.8 Å². The van der Waals surface area contributed by atoms with Gasteiger partial charge in [0.1, 0.15) is 10.5 Å². The van der Waals surface area contributed by atoms with Gasteiger partial charge in [0.2, 0.25) is 0 Å². The number of carbonyl (C=O) groups is 1. The number of thioether (sulfide) groups is 1. The van der Waals surface area contributed by atoms with Crippen molar-refractivity contribution in [3.05, 3.63) is 24.3 Å². The van der Waals surface area contributed by atoms with Gasteiger partial charge in [0.15, 0.2) is 0 Å². The van der Waals surface area contributed by atoms with E-state index in [0.29, 0.717) is 17.7 Å². The number of phenols is 1. The van der Waals surface area contributed by atoms with Gasteiger partial charge in [-0.05, 0) is 25.0 Å². The summed E-state index contributed by atoms with van der Waals surface area (Å²) in [6.45, 7) is 3.70. The molecule has 1 rings (SSSR count). The highest BCUT2D eigenvalue weighted by atomic mass is 32.2. The monoisotopic (exact) mass is 240 g/mol. The maximum Gasteiger partial charge on any atom is 0.320 e. The summed E-state index contributed by atoms with van der Waals surface area (Å²) in [4.78, 5) is 11.9. The molecule has 2 N–H and O–H groups in total. The van der Waals surface area contributed by atoms with Crippen molar-refractivity contribution in [2.75, 3.05) is 0 Å². The van der Waals surface area contributed by atoms with Crippen molar-refractivity contribution in [2.45, 2.75) is 36.3 Å². The zero-order chi connectivity index (χ0) is 12.2. The Kier molecular flexibility index (Phi) is 4.24. The lowest BCUT2D eigenvalue weighted by Gasteiger charge is -2.26. The Labute approximate surface area is 99.5 Å². The quantitative estimate of drug-likeness (QED) is 0.776. The Morgan fingerprint density at radius 2 is 1.88 bits per heavy atom. The number of para-hydroxylation sites is 1. The Hall–Kier alpha value is -1.16. The van der Waals surface area contributed by atoms with E-state index in [1.54, 1.807) is 24.3 Å². The van der Waals surface area contributed by atoms with Crippen LogP contribution in [0, 0.1) is 0 Å². The molecular formula is C12H16O3S. The number of phenolic OH excluding ortho intramolecular Hbond substituents is 1. The van der Waals surface area contributed by atoms with Gasteiger partial charge in [0.05, 0.1) is 4.90 Å².